The van der Waals surface area contributed by atoms with Crippen molar-refractivity contribution in [2.24, 2.45) is 0 Å². The molecule has 0 saturated carbocycles. The molecule has 2 rings (SSSR count). The number of hydrogen-bond acceptors (Lipinski definition) is 3. The van der Waals surface area contributed by atoms with Crippen LogP contribution in [-0.4, -0.2) is 15.2 Å². The minimum Gasteiger partial charge on any atom is -0.258 e. The van der Waals surface area contributed by atoms with Gasteiger partial charge in [0, 0.05) is 11.0 Å². The van der Waals surface area contributed by atoms with Crippen molar-refractivity contribution in [2.45, 2.75) is 12.1 Å². The van der Waals surface area contributed by atoms with E-state index >= 15 is 0 Å². The molecule has 1 N–H and O–H groups in total. The highest BCUT2D eigenvalue weighted by molar-refractivity contribution is 8.02. The van der Waals surface area contributed by atoms with E-state index < -0.39 is 0 Å². The Bertz CT molecular complexity index is 521. The third-order valence-corrected chi connectivity index (χ3v) is 2.72. The topological polar surface area (TPSA) is 41.6 Å². The lowest BCUT2D eigenvalue weighted by Crippen LogP contribution is -1.80. The molecule has 4 heteroatoms. The Balaban J connectivity index is 2.24. The number of H-pyrrole nitrogens is 1. The van der Waals surface area contributed by atoms with Gasteiger partial charge >= 0.3 is 0 Å². The second kappa shape index (κ2) is 4.84. The molecule has 1 heterocycles. The molecule has 0 bridgehead atoms. The van der Waals surface area contributed by atoms with Gasteiger partial charge in [0.2, 0.25) is 5.16 Å². The molecule has 0 atom stereocenters. The van der Waals surface area contributed by atoms with E-state index in [4.69, 9.17) is 0 Å². The van der Waals surface area contributed by atoms with Crippen molar-refractivity contribution in [1.29, 1.82) is 0 Å². The van der Waals surface area contributed by atoms with Crippen LogP contribution >= 0.6 is 11.8 Å². The molecule has 1 aromatic heterocycles. The summed E-state index contributed by atoms with van der Waals surface area (Å²) in [6, 6.07) is 8.14. The number of thioether (sulfide) groups is 1. The van der Waals surface area contributed by atoms with Gasteiger partial charge in [0.15, 0.2) is 5.82 Å². The Morgan fingerprint density at radius 2 is 2.12 bits per heavy atom. The van der Waals surface area contributed by atoms with E-state index in [1.54, 1.807) is 5.41 Å². The molecule has 80 valence electrons. The van der Waals surface area contributed by atoms with Gasteiger partial charge in [0.05, 0.1) is 0 Å². The van der Waals surface area contributed by atoms with Gasteiger partial charge in [-0.2, -0.15) is 0 Å². The third kappa shape index (κ3) is 2.42. The molecule has 0 saturated heterocycles. The molecule has 0 aliphatic heterocycles. The maximum absolute atomic E-state index is 4.34. The zero-order valence-corrected chi connectivity index (χ0v) is 9.71. The maximum atomic E-state index is 4.34. The summed E-state index contributed by atoms with van der Waals surface area (Å²) in [5.41, 5.74) is 4.93. The number of hydrogen-bond donors (Lipinski definition) is 1. The quantitative estimate of drug-likeness (QED) is 0.649. The molecule has 0 radical (unpaired) electrons. The van der Waals surface area contributed by atoms with Gasteiger partial charge in [-0.05, 0) is 18.7 Å². The normalized spacial score (nSPS) is 9.81. The van der Waals surface area contributed by atoms with E-state index in [1.165, 1.54) is 17.3 Å². The van der Waals surface area contributed by atoms with E-state index in [-0.39, 0.29) is 0 Å². The average molecular weight is 229 g/mol. The van der Waals surface area contributed by atoms with Gasteiger partial charge in [-0.15, -0.1) is 10.8 Å². The highest BCUT2D eigenvalue weighted by Gasteiger charge is 2.04. The number of nitrogens with zero attached hydrogens (tertiary/aromatic N) is 2. The minimum atomic E-state index is 0.673. The number of aromatic amines is 1. The number of rotatable bonds is 3. The molecule has 3 nitrogen and oxygen atoms in total. The molecular weight excluding hydrogens is 218 g/mol. The van der Waals surface area contributed by atoms with Crippen molar-refractivity contribution in [3.05, 3.63) is 47.5 Å². The summed E-state index contributed by atoms with van der Waals surface area (Å²) in [5, 5.41) is 9.38. The lowest BCUT2D eigenvalue weighted by molar-refractivity contribution is 0.977. The van der Waals surface area contributed by atoms with E-state index in [2.05, 4.69) is 34.4 Å². The zero-order valence-electron chi connectivity index (χ0n) is 8.90. The van der Waals surface area contributed by atoms with E-state index in [0.717, 1.165) is 11.4 Å². The molecule has 0 amide bonds. The Morgan fingerprint density at radius 3 is 2.81 bits per heavy atom. The minimum absolute atomic E-state index is 0.673. The summed E-state index contributed by atoms with van der Waals surface area (Å²) in [6.45, 7) is 5.54. The predicted octanol–water partition coefficient (Wildman–Crippen LogP) is 3.17. The standard InChI is InChI=1S/C12H11N3S/c1-3-8-16-12-13-11(14-15-12)10-6-4-9(2)5-7-10/h4-8H,1H2,2H3,(H,13,14,15). The van der Waals surface area contributed by atoms with Crippen LogP contribution in [0.5, 0.6) is 0 Å². The second-order valence-corrected chi connectivity index (χ2v) is 4.11. The van der Waals surface area contributed by atoms with Crippen LogP contribution in [-0.2, 0) is 0 Å². The zero-order chi connectivity index (χ0) is 11.4. The smallest absolute Gasteiger partial charge is 0.213 e. The molecule has 16 heavy (non-hydrogen) atoms. The highest BCUT2D eigenvalue weighted by Crippen LogP contribution is 2.19. The maximum Gasteiger partial charge on any atom is 0.213 e. The van der Waals surface area contributed by atoms with Gasteiger partial charge in [0.25, 0.3) is 0 Å². The number of aromatic nitrogens is 3. The van der Waals surface area contributed by atoms with Crippen molar-refractivity contribution in [2.75, 3.05) is 0 Å². The van der Waals surface area contributed by atoms with E-state index in [9.17, 15) is 0 Å². The summed E-state index contributed by atoms with van der Waals surface area (Å²) >= 11 is 1.39. The van der Waals surface area contributed by atoms with Crippen LogP contribution in [0.2, 0.25) is 0 Å². The molecular formula is C12H11N3S. The highest BCUT2D eigenvalue weighted by atomic mass is 32.2. The van der Waals surface area contributed by atoms with Crippen LogP contribution in [0.3, 0.4) is 0 Å². The largest absolute Gasteiger partial charge is 0.258 e. The van der Waals surface area contributed by atoms with Crippen LogP contribution in [0, 0.1) is 6.92 Å². The third-order valence-electron chi connectivity index (χ3n) is 2.04. The summed E-state index contributed by atoms with van der Waals surface area (Å²) in [6.07, 6.45) is 0. The second-order valence-electron chi connectivity index (χ2n) is 3.27. The lowest BCUT2D eigenvalue weighted by Gasteiger charge is -1.95. The molecule has 2 aromatic rings. The van der Waals surface area contributed by atoms with Crippen molar-refractivity contribution in [3.8, 4) is 11.4 Å². The molecule has 0 fully saturated rings. The van der Waals surface area contributed by atoms with Crippen molar-refractivity contribution >= 4 is 11.8 Å². The van der Waals surface area contributed by atoms with Crippen molar-refractivity contribution < 1.29 is 0 Å². The number of nitrogens with one attached hydrogen (secondary N) is 1. The van der Waals surface area contributed by atoms with Crippen LogP contribution in [0.25, 0.3) is 11.4 Å². The molecule has 0 unspecified atom stereocenters. The van der Waals surface area contributed by atoms with Crippen molar-refractivity contribution in [3.63, 3.8) is 0 Å². The van der Waals surface area contributed by atoms with Gasteiger partial charge in [0.1, 0.15) is 0 Å². The SMILES string of the molecule is C=C=CSc1n[nH]c(-c2ccc(C)cc2)n1. The Morgan fingerprint density at radius 1 is 1.38 bits per heavy atom. The van der Waals surface area contributed by atoms with Crippen LogP contribution < -0.4 is 0 Å². The monoisotopic (exact) mass is 229 g/mol. The first-order valence-electron chi connectivity index (χ1n) is 4.80. The molecule has 0 spiro atoms. The Kier molecular flexibility index (Phi) is 3.25. The molecule has 0 aliphatic carbocycles. The average Bonchev–Trinajstić information content (AvgIpc) is 2.76. The lowest BCUT2D eigenvalue weighted by atomic mass is 10.1. The first-order chi connectivity index (χ1) is 7.79. The Hall–Kier alpha value is -1.77. The fourth-order valence-electron chi connectivity index (χ4n) is 1.23. The van der Waals surface area contributed by atoms with Gasteiger partial charge in [-0.3, -0.25) is 5.10 Å². The summed E-state index contributed by atoms with van der Waals surface area (Å²) in [7, 11) is 0. The van der Waals surface area contributed by atoms with Gasteiger partial charge in [-0.25, -0.2) is 4.98 Å². The van der Waals surface area contributed by atoms with Crippen LogP contribution in [0.15, 0.2) is 47.1 Å². The van der Waals surface area contributed by atoms with E-state index in [0.29, 0.717) is 5.16 Å². The summed E-state index contributed by atoms with van der Waals surface area (Å²) in [4.78, 5) is 4.34. The summed E-state index contributed by atoms with van der Waals surface area (Å²) in [5.74, 6) is 0.778. The van der Waals surface area contributed by atoms with Crippen LogP contribution in [0.1, 0.15) is 5.56 Å². The Labute approximate surface area is 98.3 Å². The first kappa shape index (κ1) is 10.7. The number of benzene rings is 1. The van der Waals surface area contributed by atoms with Crippen molar-refractivity contribution in [1.82, 2.24) is 15.2 Å². The molecule has 0 aliphatic rings. The first-order valence-corrected chi connectivity index (χ1v) is 5.68. The number of aryl methyl sites for hydroxylation is 1. The van der Waals surface area contributed by atoms with Gasteiger partial charge in [-0.1, -0.05) is 36.4 Å². The van der Waals surface area contributed by atoms with Crippen LogP contribution in [0.4, 0.5) is 0 Å². The molecule has 1 aromatic carbocycles. The summed E-state index contributed by atoms with van der Waals surface area (Å²) < 4.78 is 0. The predicted molar refractivity (Wildman–Crippen MR) is 66.1 cm³/mol. The fourth-order valence-corrected chi connectivity index (χ4v) is 1.67. The fraction of sp³-hybridized carbons (Fsp3) is 0.0833. The van der Waals surface area contributed by atoms with E-state index in [1.807, 2.05) is 24.3 Å². The van der Waals surface area contributed by atoms with Gasteiger partial charge < -0.3 is 0 Å².